The van der Waals surface area contributed by atoms with Crippen LogP contribution < -0.4 is 9.80 Å². The van der Waals surface area contributed by atoms with E-state index in [-0.39, 0.29) is 0 Å². The molecule has 202 valence electrons. The minimum atomic E-state index is 0.792. The highest BCUT2D eigenvalue weighted by atomic mass is 16.5. The molecule has 38 heavy (non-hydrogen) atoms. The molecule has 5 rings (SSSR count). The molecule has 0 aromatic heterocycles. The van der Waals surface area contributed by atoms with Crippen molar-refractivity contribution in [2.24, 2.45) is 5.10 Å². The van der Waals surface area contributed by atoms with Gasteiger partial charge in [-0.1, -0.05) is 29.8 Å². The Morgan fingerprint density at radius 1 is 0.816 bits per heavy atom. The summed E-state index contributed by atoms with van der Waals surface area (Å²) in [6, 6.07) is 17.9. The van der Waals surface area contributed by atoms with Crippen molar-refractivity contribution in [2.45, 2.75) is 33.6 Å². The van der Waals surface area contributed by atoms with E-state index in [1.54, 1.807) is 0 Å². The van der Waals surface area contributed by atoms with Crippen molar-refractivity contribution in [1.82, 2.24) is 9.91 Å². The third kappa shape index (κ3) is 6.24. The van der Waals surface area contributed by atoms with Gasteiger partial charge in [-0.05, 0) is 80.7 Å². The standard InChI is InChI=1S/C32H43N5O/c1-4-34(5-2)30-14-8-27(9-15-30)24-28-10-11-29(32(28)36-20-22-38-23-21-36)25-33-37-18-16-35(17-19-37)31-12-6-26(3)7-13-31/h6-9,12-15,24-25H,4-5,10-11,16-23H2,1-3H3/b28-24+,33-25+. The van der Waals surface area contributed by atoms with Gasteiger partial charge in [-0.3, -0.25) is 5.01 Å². The van der Waals surface area contributed by atoms with Crippen LogP contribution in [0.4, 0.5) is 11.4 Å². The maximum absolute atomic E-state index is 5.68. The SMILES string of the molecule is CCN(CC)c1ccc(/C=C2\CCC(/C=N/N3CCN(c4ccc(C)cc4)CC3)=C2N2CCOCC2)cc1. The highest BCUT2D eigenvalue weighted by molar-refractivity contribution is 5.83. The second kappa shape index (κ2) is 12.5. The van der Waals surface area contributed by atoms with E-state index in [0.29, 0.717) is 0 Å². The van der Waals surface area contributed by atoms with Crippen LogP contribution >= 0.6 is 0 Å². The van der Waals surface area contributed by atoms with Gasteiger partial charge in [-0.2, -0.15) is 5.10 Å². The first kappa shape index (κ1) is 26.4. The Hall–Kier alpha value is -3.25. The minimum Gasteiger partial charge on any atom is -0.378 e. The van der Waals surface area contributed by atoms with Crippen molar-refractivity contribution in [3.63, 3.8) is 0 Å². The van der Waals surface area contributed by atoms with Crippen LogP contribution in [0.15, 0.2) is 70.5 Å². The molecule has 6 heteroatoms. The van der Waals surface area contributed by atoms with Crippen LogP contribution in [0.3, 0.4) is 0 Å². The van der Waals surface area contributed by atoms with Crippen LogP contribution in [-0.2, 0) is 4.74 Å². The number of nitrogens with zero attached hydrogens (tertiary/aromatic N) is 5. The number of morpholine rings is 1. The predicted octanol–water partition coefficient (Wildman–Crippen LogP) is 5.41. The van der Waals surface area contributed by atoms with Crippen molar-refractivity contribution in [3.8, 4) is 0 Å². The second-order valence-electron chi connectivity index (χ2n) is 10.4. The Bertz CT molecular complexity index is 1130. The summed E-state index contributed by atoms with van der Waals surface area (Å²) in [7, 11) is 0. The summed E-state index contributed by atoms with van der Waals surface area (Å²) in [5.41, 5.74) is 9.35. The number of ether oxygens (including phenoxy) is 1. The molecule has 2 aliphatic heterocycles. The number of rotatable bonds is 8. The van der Waals surface area contributed by atoms with Gasteiger partial charge in [0.1, 0.15) is 0 Å². The fourth-order valence-corrected chi connectivity index (χ4v) is 5.72. The quantitative estimate of drug-likeness (QED) is 0.441. The highest BCUT2D eigenvalue weighted by Crippen LogP contribution is 2.35. The monoisotopic (exact) mass is 513 g/mol. The van der Waals surface area contributed by atoms with E-state index in [9.17, 15) is 0 Å². The number of hydrazone groups is 1. The molecule has 0 N–H and O–H groups in total. The first-order valence-corrected chi connectivity index (χ1v) is 14.4. The lowest BCUT2D eigenvalue weighted by atomic mass is 10.1. The first-order valence-electron chi connectivity index (χ1n) is 14.4. The van der Waals surface area contributed by atoms with Crippen molar-refractivity contribution in [3.05, 3.63) is 76.5 Å². The van der Waals surface area contributed by atoms with Crippen LogP contribution in [0.25, 0.3) is 6.08 Å². The Kier molecular flexibility index (Phi) is 8.69. The Morgan fingerprint density at radius 2 is 1.50 bits per heavy atom. The molecule has 2 heterocycles. The average molecular weight is 514 g/mol. The lowest BCUT2D eigenvalue weighted by Gasteiger charge is -2.34. The summed E-state index contributed by atoms with van der Waals surface area (Å²) in [5, 5.41) is 7.22. The molecule has 0 atom stereocenters. The van der Waals surface area contributed by atoms with E-state index >= 15 is 0 Å². The number of anilines is 2. The molecule has 0 radical (unpaired) electrons. The van der Waals surface area contributed by atoms with E-state index in [4.69, 9.17) is 9.84 Å². The average Bonchev–Trinajstić information content (AvgIpc) is 3.37. The fourth-order valence-electron chi connectivity index (χ4n) is 5.72. The van der Waals surface area contributed by atoms with E-state index in [1.165, 1.54) is 39.3 Å². The lowest BCUT2D eigenvalue weighted by molar-refractivity contribution is 0.0548. The van der Waals surface area contributed by atoms with Gasteiger partial charge >= 0.3 is 0 Å². The lowest BCUT2D eigenvalue weighted by Crippen LogP contribution is -2.44. The van der Waals surface area contributed by atoms with Crippen LogP contribution in [-0.4, -0.2) is 81.7 Å². The molecule has 0 unspecified atom stereocenters. The Balaban J connectivity index is 1.30. The number of hydrogen-bond donors (Lipinski definition) is 0. The fraction of sp³-hybridized carbons (Fsp3) is 0.469. The van der Waals surface area contributed by atoms with Crippen LogP contribution in [0.2, 0.25) is 0 Å². The van der Waals surface area contributed by atoms with Crippen molar-refractivity contribution in [1.29, 1.82) is 0 Å². The third-order valence-corrected chi connectivity index (χ3v) is 7.99. The summed E-state index contributed by atoms with van der Waals surface area (Å²) in [6.45, 7) is 16.0. The number of hydrogen-bond acceptors (Lipinski definition) is 6. The van der Waals surface area contributed by atoms with Crippen LogP contribution in [0, 0.1) is 6.92 Å². The van der Waals surface area contributed by atoms with Crippen molar-refractivity contribution >= 4 is 23.7 Å². The van der Waals surface area contributed by atoms with E-state index in [0.717, 1.165) is 78.4 Å². The topological polar surface area (TPSA) is 34.5 Å². The summed E-state index contributed by atoms with van der Waals surface area (Å²) >= 11 is 0. The molecular formula is C32H43N5O. The number of benzene rings is 2. The van der Waals surface area contributed by atoms with Gasteiger partial charge in [0.15, 0.2) is 0 Å². The van der Waals surface area contributed by atoms with Crippen LogP contribution in [0.1, 0.15) is 37.8 Å². The predicted molar refractivity (Wildman–Crippen MR) is 160 cm³/mol. The molecule has 2 saturated heterocycles. The number of allylic oxidation sites excluding steroid dienone is 2. The van der Waals surface area contributed by atoms with Gasteiger partial charge < -0.3 is 19.4 Å². The second-order valence-corrected chi connectivity index (χ2v) is 10.4. The summed E-state index contributed by atoms with van der Waals surface area (Å²) in [6.07, 6.45) is 6.64. The van der Waals surface area contributed by atoms with Crippen LogP contribution in [0.5, 0.6) is 0 Å². The summed E-state index contributed by atoms with van der Waals surface area (Å²) in [5.74, 6) is 0. The third-order valence-electron chi connectivity index (χ3n) is 7.99. The molecule has 3 aliphatic rings. The van der Waals surface area contributed by atoms with E-state index in [1.807, 2.05) is 0 Å². The summed E-state index contributed by atoms with van der Waals surface area (Å²) < 4.78 is 5.68. The minimum absolute atomic E-state index is 0.792. The molecular weight excluding hydrogens is 470 g/mol. The summed E-state index contributed by atoms with van der Waals surface area (Å²) in [4.78, 5) is 7.37. The first-order chi connectivity index (χ1) is 18.6. The molecule has 2 aromatic rings. The molecule has 0 spiro atoms. The van der Waals surface area contributed by atoms with E-state index < -0.39 is 0 Å². The normalized spacial score (nSPS) is 19.8. The van der Waals surface area contributed by atoms with Gasteiger partial charge in [0.2, 0.25) is 0 Å². The molecule has 0 amide bonds. The maximum Gasteiger partial charge on any atom is 0.0642 e. The van der Waals surface area contributed by atoms with E-state index in [2.05, 4.69) is 101 Å². The van der Waals surface area contributed by atoms with Gasteiger partial charge in [0.05, 0.1) is 32.5 Å². The number of aryl methyl sites for hydroxylation is 1. The Labute approximate surface area is 228 Å². The Morgan fingerprint density at radius 3 is 2.16 bits per heavy atom. The highest BCUT2D eigenvalue weighted by Gasteiger charge is 2.26. The van der Waals surface area contributed by atoms with Crippen molar-refractivity contribution < 1.29 is 4.74 Å². The number of piperazine rings is 1. The smallest absolute Gasteiger partial charge is 0.0642 e. The molecule has 1 aliphatic carbocycles. The zero-order chi connectivity index (χ0) is 26.3. The molecule has 0 bridgehead atoms. The van der Waals surface area contributed by atoms with Gasteiger partial charge in [-0.25, -0.2) is 0 Å². The van der Waals surface area contributed by atoms with Crippen molar-refractivity contribution in [2.75, 3.05) is 75.4 Å². The largest absolute Gasteiger partial charge is 0.378 e. The van der Waals surface area contributed by atoms with Gasteiger partial charge in [0, 0.05) is 56.3 Å². The zero-order valence-electron chi connectivity index (χ0n) is 23.4. The maximum atomic E-state index is 5.68. The molecule has 6 nitrogen and oxygen atoms in total. The van der Waals surface area contributed by atoms with Gasteiger partial charge in [0.25, 0.3) is 0 Å². The molecule has 2 fully saturated rings. The molecule has 2 aromatic carbocycles. The zero-order valence-corrected chi connectivity index (χ0v) is 23.4. The molecule has 0 saturated carbocycles. The van der Waals surface area contributed by atoms with Gasteiger partial charge in [-0.15, -0.1) is 0 Å².